The minimum absolute atomic E-state index is 0.157. The van der Waals surface area contributed by atoms with E-state index in [1.54, 1.807) is 31.6 Å². The van der Waals surface area contributed by atoms with Gasteiger partial charge >= 0.3 is 0 Å². The van der Waals surface area contributed by atoms with Crippen LogP contribution >= 0.6 is 0 Å². The SMILES string of the molecule is C=C/C(=C\C=NC)c1c[nH][nH]c1=O.CC. The monoisotopic (exact) mass is 207 g/mol. The Kier molecular flexibility index (Phi) is 6.63. The molecule has 0 aliphatic rings. The number of aromatic nitrogens is 2. The van der Waals surface area contributed by atoms with E-state index < -0.39 is 0 Å². The fourth-order valence-corrected chi connectivity index (χ4v) is 0.944. The molecule has 82 valence electrons. The van der Waals surface area contributed by atoms with Crippen LogP contribution in [0.1, 0.15) is 19.4 Å². The van der Waals surface area contributed by atoms with Gasteiger partial charge in [0.05, 0.1) is 5.56 Å². The highest BCUT2D eigenvalue weighted by Crippen LogP contribution is 2.07. The number of hydrogen-bond donors (Lipinski definition) is 2. The van der Waals surface area contributed by atoms with E-state index in [0.29, 0.717) is 5.56 Å². The first-order chi connectivity index (χ1) is 7.29. The molecular formula is C11H17N3O. The molecule has 0 saturated carbocycles. The predicted octanol–water partition coefficient (Wildman–Crippen LogP) is 2.00. The third-order valence-electron chi connectivity index (χ3n) is 1.58. The van der Waals surface area contributed by atoms with Crippen LogP contribution in [0, 0.1) is 0 Å². The highest BCUT2D eigenvalue weighted by Gasteiger charge is 2.01. The highest BCUT2D eigenvalue weighted by molar-refractivity contribution is 5.87. The lowest BCUT2D eigenvalue weighted by Gasteiger charge is -1.91. The number of nitrogens with one attached hydrogen (secondary N) is 2. The van der Waals surface area contributed by atoms with Gasteiger partial charge in [0, 0.05) is 19.5 Å². The first-order valence-electron chi connectivity index (χ1n) is 4.81. The van der Waals surface area contributed by atoms with Gasteiger partial charge in [-0.2, -0.15) is 0 Å². The van der Waals surface area contributed by atoms with Crippen molar-refractivity contribution < 1.29 is 0 Å². The molecule has 1 aromatic heterocycles. The summed E-state index contributed by atoms with van der Waals surface area (Å²) in [5.74, 6) is 0. The molecule has 2 N–H and O–H groups in total. The van der Waals surface area contributed by atoms with E-state index in [4.69, 9.17) is 0 Å². The second kappa shape index (κ2) is 7.55. The van der Waals surface area contributed by atoms with E-state index in [1.165, 1.54) is 0 Å². The fourth-order valence-electron chi connectivity index (χ4n) is 0.944. The van der Waals surface area contributed by atoms with Crippen molar-refractivity contribution in [1.29, 1.82) is 0 Å². The second-order valence-electron chi connectivity index (χ2n) is 2.39. The van der Waals surface area contributed by atoms with Crippen molar-refractivity contribution in [2.24, 2.45) is 4.99 Å². The average Bonchev–Trinajstić information content (AvgIpc) is 2.69. The maximum atomic E-state index is 11.2. The van der Waals surface area contributed by atoms with E-state index >= 15 is 0 Å². The highest BCUT2D eigenvalue weighted by atomic mass is 16.1. The molecule has 0 aliphatic heterocycles. The number of rotatable bonds is 3. The van der Waals surface area contributed by atoms with Crippen LogP contribution < -0.4 is 5.56 Å². The van der Waals surface area contributed by atoms with Crippen molar-refractivity contribution in [3.63, 3.8) is 0 Å². The molecule has 4 nitrogen and oxygen atoms in total. The largest absolute Gasteiger partial charge is 0.305 e. The van der Waals surface area contributed by atoms with Crippen molar-refractivity contribution in [1.82, 2.24) is 10.2 Å². The van der Waals surface area contributed by atoms with Crippen LogP contribution in [0.3, 0.4) is 0 Å². The van der Waals surface area contributed by atoms with Crippen molar-refractivity contribution in [2.45, 2.75) is 13.8 Å². The Morgan fingerprint density at radius 2 is 2.20 bits per heavy atom. The minimum atomic E-state index is -0.157. The molecule has 0 spiro atoms. The zero-order chi connectivity index (χ0) is 11.7. The second-order valence-corrected chi connectivity index (χ2v) is 2.39. The van der Waals surface area contributed by atoms with E-state index in [2.05, 4.69) is 21.8 Å². The molecule has 1 rings (SSSR count). The van der Waals surface area contributed by atoms with Crippen LogP contribution in [0.25, 0.3) is 5.57 Å². The molecule has 0 atom stereocenters. The van der Waals surface area contributed by atoms with E-state index in [0.717, 1.165) is 5.57 Å². The molecule has 1 heterocycles. The summed E-state index contributed by atoms with van der Waals surface area (Å²) in [5.41, 5.74) is 1.15. The summed E-state index contributed by atoms with van der Waals surface area (Å²) in [4.78, 5) is 15.0. The maximum Gasteiger partial charge on any atom is 0.271 e. The van der Waals surface area contributed by atoms with E-state index in [-0.39, 0.29) is 5.56 Å². The summed E-state index contributed by atoms with van der Waals surface area (Å²) in [6.07, 6.45) is 6.55. The lowest BCUT2D eigenvalue weighted by atomic mass is 10.1. The molecule has 1 aromatic rings. The Labute approximate surface area is 89.4 Å². The first kappa shape index (κ1) is 13.2. The lowest BCUT2D eigenvalue weighted by molar-refractivity contribution is 1.06. The van der Waals surface area contributed by atoms with Crippen molar-refractivity contribution in [2.75, 3.05) is 7.05 Å². The zero-order valence-corrected chi connectivity index (χ0v) is 9.37. The van der Waals surface area contributed by atoms with Crippen LogP contribution in [0.15, 0.2) is 34.7 Å². The Hall–Kier alpha value is -1.84. The summed E-state index contributed by atoms with van der Waals surface area (Å²) in [6, 6.07) is 0. The predicted molar refractivity (Wildman–Crippen MR) is 65.4 cm³/mol. The summed E-state index contributed by atoms with van der Waals surface area (Å²) >= 11 is 0. The molecule has 0 amide bonds. The van der Waals surface area contributed by atoms with Crippen molar-refractivity contribution in [3.8, 4) is 0 Å². The van der Waals surface area contributed by atoms with E-state index in [9.17, 15) is 4.79 Å². The maximum absolute atomic E-state index is 11.2. The van der Waals surface area contributed by atoms with Gasteiger partial charge in [0.1, 0.15) is 0 Å². The van der Waals surface area contributed by atoms with Gasteiger partial charge < -0.3 is 5.10 Å². The molecule has 0 radical (unpaired) electrons. The summed E-state index contributed by atoms with van der Waals surface area (Å²) in [5, 5.41) is 5.06. The van der Waals surface area contributed by atoms with Crippen LogP contribution in [0.2, 0.25) is 0 Å². The van der Waals surface area contributed by atoms with Gasteiger partial charge in [-0.1, -0.05) is 26.5 Å². The van der Waals surface area contributed by atoms with Gasteiger partial charge in [0.2, 0.25) is 0 Å². The standard InChI is InChI=1S/C9H11N3O.C2H6/c1-3-7(4-5-10-2)8-6-11-12-9(8)13;1-2/h3-6H,1H2,2H3,(H2,11,12,13);1-2H3/b7-4+,10-5?;. The van der Waals surface area contributed by atoms with Crippen LogP contribution in [-0.2, 0) is 0 Å². The normalized spacial score (nSPS) is 11.0. The average molecular weight is 207 g/mol. The molecule has 4 heteroatoms. The topological polar surface area (TPSA) is 61.0 Å². The Morgan fingerprint density at radius 1 is 1.53 bits per heavy atom. The Bertz CT molecular complexity index is 396. The molecule has 0 unspecified atom stereocenters. The van der Waals surface area contributed by atoms with Gasteiger partial charge in [-0.25, -0.2) is 0 Å². The quantitative estimate of drug-likeness (QED) is 0.578. The van der Waals surface area contributed by atoms with E-state index in [1.807, 2.05) is 13.8 Å². The van der Waals surface area contributed by atoms with Gasteiger partial charge in [0.25, 0.3) is 5.56 Å². The van der Waals surface area contributed by atoms with Crippen molar-refractivity contribution >= 4 is 11.8 Å². The number of H-pyrrole nitrogens is 2. The third kappa shape index (κ3) is 3.81. The Balaban J connectivity index is 0.000000921. The minimum Gasteiger partial charge on any atom is -0.305 e. The first-order valence-corrected chi connectivity index (χ1v) is 4.81. The summed E-state index contributed by atoms with van der Waals surface area (Å²) < 4.78 is 0. The number of allylic oxidation sites excluding steroid dienone is 3. The molecule has 0 fully saturated rings. The molecule has 0 bridgehead atoms. The van der Waals surface area contributed by atoms with Crippen LogP contribution in [0.5, 0.6) is 0 Å². The third-order valence-corrected chi connectivity index (χ3v) is 1.58. The fraction of sp³-hybridized carbons (Fsp3) is 0.273. The molecule has 0 saturated heterocycles. The molecule has 0 aromatic carbocycles. The Morgan fingerprint density at radius 3 is 2.60 bits per heavy atom. The number of aromatic amines is 2. The van der Waals surface area contributed by atoms with Gasteiger partial charge in [-0.05, 0) is 11.6 Å². The smallest absolute Gasteiger partial charge is 0.271 e. The summed E-state index contributed by atoms with van der Waals surface area (Å²) in [6.45, 7) is 7.61. The molecular weight excluding hydrogens is 190 g/mol. The lowest BCUT2D eigenvalue weighted by Crippen LogP contribution is -2.03. The number of aliphatic imine (C=N–C) groups is 1. The summed E-state index contributed by atoms with van der Waals surface area (Å²) in [7, 11) is 1.67. The number of nitrogens with zero attached hydrogens (tertiary/aromatic N) is 1. The van der Waals surface area contributed by atoms with Gasteiger partial charge in [0.15, 0.2) is 0 Å². The van der Waals surface area contributed by atoms with Crippen LogP contribution in [-0.4, -0.2) is 23.5 Å². The van der Waals surface area contributed by atoms with Crippen LogP contribution in [0.4, 0.5) is 0 Å². The van der Waals surface area contributed by atoms with Gasteiger partial charge in [-0.3, -0.25) is 14.9 Å². The molecule has 0 aliphatic carbocycles. The van der Waals surface area contributed by atoms with Crippen molar-refractivity contribution in [3.05, 3.63) is 40.8 Å². The number of hydrogen-bond acceptors (Lipinski definition) is 2. The molecule has 15 heavy (non-hydrogen) atoms. The zero-order valence-electron chi connectivity index (χ0n) is 9.37. The van der Waals surface area contributed by atoms with Gasteiger partial charge in [-0.15, -0.1) is 0 Å².